The molecule has 2 aromatic heterocycles. The predicted octanol–water partition coefficient (Wildman–Crippen LogP) is 3.97. The van der Waals surface area contributed by atoms with E-state index >= 15 is 0 Å². The molecule has 0 aliphatic rings. The molecular weight excluding hydrogens is 316 g/mol. The van der Waals surface area contributed by atoms with Gasteiger partial charge >= 0.3 is 0 Å². The maximum absolute atomic E-state index is 13.9. The molecule has 0 fully saturated rings. The van der Waals surface area contributed by atoms with Gasteiger partial charge < -0.3 is 4.98 Å². The average Bonchev–Trinajstić information content (AvgIpc) is 2.72. The number of aromatic amines is 1. The summed E-state index contributed by atoms with van der Waals surface area (Å²) in [6, 6.07) is 4.20. The molecule has 0 unspecified atom stereocenters. The second-order valence-corrected chi connectivity index (χ2v) is 5.07. The number of imidazole rings is 1. The van der Waals surface area contributed by atoms with Gasteiger partial charge in [-0.25, -0.2) is 18.7 Å². The minimum Gasteiger partial charge on any atom is -0.336 e. The van der Waals surface area contributed by atoms with Crippen molar-refractivity contribution in [3.8, 4) is 11.4 Å². The van der Waals surface area contributed by atoms with Gasteiger partial charge in [-0.05, 0) is 30.7 Å². The Morgan fingerprint density at radius 1 is 1.21 bits per heavy atom. The Kier molecular flexibility index (Phi) is 2.82. The van der Waals surface area contributed by atoms with Gasteiger partial charge in [0.15, 0.2) is 5.65 Å². The normalized spacial score (nSPS) is 11.2. The molecule has 0 saturated heterocycles. The van der Waals surface area contributed by atoms with Crippen LogP contribution < -0.4 is 0 Å². The van der Waals surface area contributed by atoms with E-state index in [0.717, 1.165) is 5.56 Å². The summed E-state index contributed by atoms with van der Waals surface area (Å²) in [7, 11) is 0. The van der Waals surface area contributed by atoms with Crippen LogP contribution in [0.2, 0.25) is 0 Å². The number of hydrogen-bond donors (Lipinski definition) is 1. The third-order valence-electron chi connectivity index (χ3n) is 2.84. The van der Waals surface area contributed by atoms with E-state index in [1.807, 2.05) is 6.92 Å². The van der Waals surface area contributed by atoms with E-state index in [1.54, 1.807) is 12.3 Å². The van der Waals surface area contributed by atoms with Crippen LogP contribution in [0.3, 0.4) is 0 Å². The van der Waals surface area contributed by atoms with Crippen molar-refractivity contribution in [2.45, 2.75) is 6.92 Å². The number of hydrogen-bond acceptors (Lipinski definition) is 2. The quantitative estimate of drug-likeness (QED) is 0.736. The maximum atomic E-state index is 13.9. The van der Waals surface area contributed by atoms with Crippen LogP contribution in [0.5, 0.6) is 0 Å². The highest BCUT2D eigenvalue weighted by Crippen LogP contribution is 2.28. The van der Waals surface area contributed by atoms with E-state index in [4.69, 9.17) is 0 Å². The molecule has 3 nitrogen and oxygen atoms in total. The first-order valence-corrected chi connectivity index (χ1v) is 6.32. The number of aryl methyl sites for hydroxylation is 1. The van der Waals surface area contributed by atoms with Crippen molar-refractivity contribution in [3.63, 3.8) is 0 Å². The minimum absolute atomic E-state index is 0.138. The molecule has 0 spiro atoms. The lowest BCUT2D eigenvalue weighted by atomic mass is 10.2. The third-order valence-corrected chi connectivity index (χ3v) is 3.30. The smallest absolute Gasteiger partial charge is 0.178 e. The molecule has 6 heteroatoms. The van der Waals surface area contributed by atoms with Crippen LogP contribution in [-0.4, -0.2) is 15.0 Å². The zero-order chi connectivity index (χ0) is 13.6. The number of fused-ring (bicyclic) bond motifs is 1. The van der Waals surface area contributed by atoms with Gasteiger partial charge in [-0.3, -0.25) is 0 Å². The third kappa shape index (κ3) is 2.02. The Morgan fingerprint density at radius 2 is 1.89 bits per heavy atom. The number of H-pyrrole nitrogens is 1. The van der Waals surface area contributed by atoms with E-state index in [-0.39, 0.29) is 11.4 Å². The van der Waals surface area contributed by atoms with E-state index in [9.17, 15) is 8.78 Å². The molecule has 0 radical (unpaired) electrons. The Morgan fingerprint density at radius 3 is 2.53 bits per heavy atom. The molecule has 96 valence electrons. The standard InChI is InChI=1S/C13H8BrF2N3/c1-6-2-3-17-13-11(6)18-12(19-13)10-8(15)4-7(14)5-9(10)16/h2-5H,1H3,(H,17,18,19). The molecule has 0 amide bonds. The molecule has 3 rings (SSSR count). The topological polar surface area (TPSA) is 41.6 Å². The van der Waals surface area contributed by atoms with Crippen LogP contribution >= 0.6 is 15.9 Å². The average molecular weight is 324 g/mol. The van der Waals surface area contributed by atoms with E-state index in [0.29, 0.717) is 15.6 Å². The summed E-state index contributed by atoms with van der Waals surface area (Å²) in [4.78, 5) is 11.1. The molecule has 19 heavy (non-hydrogen) atoms. The van der Waals surface area contributed by atoms with Crippen molar-refractivity contribution in [1.29, 1.82) is 0 Å². The zero-order valence-electron chi connectivity index (χ0n) is 9.84. The Labute approximate surface area is 115 Å². The molecular formula is C13H8BrF2N3. The summed E-state index contributed by atoms with van der Waals surface area (Å²) in [5.74, 6) is -1.22. The van der Waals surface area contributed by atoms with Gasteiger partial charge in [0.1, 0.15) is 17.5 Å². The lowest BCUT2D eigenvalue weighted by molar-refractivity contribution is 0.586. The van der Waals surface area contributed by atoms with Gasteiger partial charge in [0.25, 0.3) is 0 Å². The van der Waals surface area contributed by atoms with Gasteiger partial charge in [-0.2, -0.15) is 0 Å². The molecule has 0 aliphatic carbocycles. The fourth-order valence-corrected chi connectivity index (χ4v) is 2.32. The van der Waals surface area contributed by atoms with Gasteiger partial charge in [0.2, 0.25) is 0 Å². The fourth-order valence-electron chi connectivity index (χ4n) is 1.92. The molecule has 0 atom stereocenters. The number of nitrogens with one attached hydrogen (secondary N) is 1. The Hall–Kier alpha value is -1.82. The molecule has 1 N–H and O–H groups in total. The van der Waals surface area contributed by atoms with Gasteiger partial charge in [0.05, 0.1) is 11.1 Å². The van der Waals surface area contributed by atoms with Crippen LogP contribution in [0.4, 0.5) is 8.78 Å². The van der Waals surface area contributed by atoms with E-state index in [1.165, 1.54) is 12.1 Å². The fraction of sp³-hybridized carbons (Fsp3) is 0.0769. The number of halogens is 3. The highest BCUT2D eigenvalue weighted by Gasteiger charge is 2.17. The van der Waals surface area contributed by atoms with Crippen LogP contribution in [0.1, 0.15) is 5.56 Å². The summed E-state index contributed by atoms with van der Waals surface area (Å²) >= 11 is 3.04. The number of aromatic nitrogens is 3. The lowest BCUT2D eigenvalue weighted by Crippen LogP contribution is -1.92. The Bertz CT molecular complexity index is 760. The van der Waals surface area contributed by atoms with Crippen LogP contribution in [-0.2, 0) is 0 Å². The van der Waals surface area contributed by atoms with E-state index < -0.39 is 11.6 Å². The van der Waals surface area contributed by atoms with Crippen molar-refractivity contribution < 1.29 is 8.78 Å². The van der Waals surface area contributed by atoms with Crippen molar-refractivity contribution in [3.05, 3.63) is 46.1 Å². The Balaban J connectivity index is 2.28. The van der Waals surface area contributed by atoms with Crippen LogP contribution in [0, 0.1) is 18.6 Å². The minimum atomic E-state index is -0.677. The van der Waals surface area contributed by atoms with Crippen molar-refractivity contribution in [2.75, 3.05) is 0 Å². The molecule has 0 bridgehead atoms. The first kappa shape index (κ1) is 12.2. The summed E-state index contributed by atoms with van der Waals surface area (Å²) in [5, 5.41) is 0. The first-order chi connectivity index (χ1) is 9.06. The zero-order valence-corrected chi connectivity index (χ0v) is 11.4. The first-order valence-electron chi connectivity index (χ1n) is 5.52. The number of nitrogens with zero attached hydrogens (tertiary/aromatic N) is 2. The summed E-state index contributed by atoms with van der Waals surface area (Å²) in [5.41, 5.74) is 1.86. The maximum Gasteiger partial charge on any atom is 0.178 e. The second-order valence-electron chi connectivity index (χ2n) is 4.16. The molecule has 0 saturated carbocycles. The SMILES string of the molecule is Cc1ccnc2nc(-c3c(F)cc(Br)cc3F)[nH]c12. The highest BCUT2D eigenvalue weighted by atomic mass is 79.9. The molecule has 3 aromatic rings. The second kappa shape index (κ2) is 4.38. The number of rotatable bonds is 1. The number of benzene rings is 1. The van der Waals surface area contributed by atoms with Crippen molar-refractivity contribution >= 4 is 27.1 Å². The predicted molar refractivity (Wildman–Crippen MR) is 71.7 cm³/mol. The summed E-state index contributed by atoms with van der Waals surface area (Å²) in [6.45, 7) is 1.88. The van der Waals surface area contributed by atoms with Crippen LogP contribution in [0.25, 0.3) is 22.6 Å². The van der Waals surface area contributed by atoms with Gasteiger partial charge in [-0.1, -0.05) is 15.9 Å². The van der Waals surface area contributed by atoms with Gasteiger partial charge in [0, 0.05) is 10.7 Å². The highest BCUT2D eigenvalue weighted by molar-refractivity contribution is 9.10. The molecule has 0 aliphatic heterocycles. The monoisotopic (exact) mass is 323 g/mol. The lowest BCUT2D eigenvalue weighted by Gasteiger charge is -2.02. The van der Waals surface area contributed by atoms with Crippen molar-refractivity contribution in [2.24, 2.45) is 0 Å². The van der Waals surface area contributed by atoms with E-state index in [2.05, 4.69) is 30.9 Å². The van der Waals surface area contributed by atoms with Crippen LogP contribution in [0.15, 0.2) is 28.9 Å². The summed E-state index contributed by atoms with van der Waals surface area (Å²) in [6.07, 6.45) is 1.61. The largest absolute Gasteiger partial charge is 0.336 e. The molecule has 2 heterocycles. The van der Waals surface area contributed by atoms with Gasteiger partial charge in [-0.15, -0.1) is 0 Å². The number of pyridine rings is 1. The van der Waals surface area contributed by atoms with Crippen molar-refractivity contribution in [1.82, 2.24) is 15.0 Å². The summed E-state index contributed by atoms with van der Waals surface area (Å²) < 4.78 is 28.1. The molecule has 1 aromatic carbocycles.